The molecule has 1 amide bonds. The number of hydrogen-bond acceptors (Lipinski definition) is 4. The predicted molar refractivity (Wildman–Crippen MR) is 42.4 cm³/mol. The maximum absolute atomic E-state index is 10.6. The molecular formula is C7H15NO4. The number of aliphatic hydroxyl groups is 3. The molecule has 0 aliphatic carbocycles. The van der Waals surface area contributed by atoms with Gasteiger partial charge in [0.2, 0.25) is 5.91 Å². The quantitative estimate of drug-likeness (QED) is 0.409. The first-order valence-electron chi connectivity index (χ1n) is 3.75. The number of carbonyl (C=O) groups is 1. The summed E-state index contributed by atoms with van der Waals surface area (Å²) in [5.41, 5.74) is 0. The van der Waals surface area contributed by atoms with Crippen LogP contribution < -0.4 is 5.32 Å². The summed E-state index contributed by atoms with van der Waals surface area (Å²) in [6.07, 6.45) is -1.69. The zero-order chi connectivity index (χ0) is 9.72. The Hall–Kier alpha value is -0.650. The summed E-state index contributed by atoms with van der Waals surface area (Å²) in [6.45, 7) is 2.26. The minimum atomic E-state index is -0.847. The lowest BCUT2D eigenvalue weighted by atomic mass is 10.1. The van der Waals surface area contributed by atoms with Gasteiger partial charge in [0, 0.05) is 0 Å². The van der Waals surface area contributed by atoms with Crippen LogP contribution >= 0.6 is 0 Å². The number of amides is 1. The Morgan fingerprint density at radius 2 is 1.75 bits per heavy atom. The van der Waals surface area contributed by atoms with Crippen LogP contribution in [0, 0.1) is 0 Å². The van der Waals surface area contributed by atoms with E-state index in [0.717, 1.165) is 0 Å². The Bertz CT molecular complexity index is 138. The van der Waals surface area contributed by atoms with E-state index in [1.807, 2.05) is 0 Å². The van der Waals surface area contributed by atoms with Crippen LogP contribution in [0.25, 0.3) is 0 Å². The average molecular weight is 177 g/mol. The van der Waals surface area contributed by atoms with Gasteiger partial charge in [-0.1, -0.05) is 0 Å². The van der Waals surface area contributed by atoms with Crippen molar-refractivity contribution in [2.45, 2.75) is 32.1 Å². The molecule has 0 aliphatic rings. The van der Waals surface area contributed by atoms with Crippen LogP contribution in [-0.2, 0) is 4.79 Å². The van der Waals surface area contributed by atoms with Gasteiger partial charge in [0.15, 0.2) is 0 Å². The van der Waals surface area contributed by atoms with Gasteiger partial charge in [0.05, 0.1) is 18.2 Å². The summed E-state index contributed by atoms with van der Waals surface area (Å²) in [5, 5.41) is 28.8. The third kappa shape index (κ3) is 3.66. The molecule has 5 nitrogen and oxygen atoms in total. The first-order valence-corrected chi connectivity index (χ1v) is 3.75. The fourth-order valence-corrected chi connectivity index (χ4v) is 0.876. The third-order valence-electron chi connectivity index (χ3n) is 1.51. The SMILES string of the molecule is CC(O)C(NC(=O)CO)C(C)O. The van der Waals surface area contributed by atoms with E-state index in [0.29, 0.717) is 0 Å². The maximum Gasteiger partial charge on any atom is 0.246 e. The lowest BCUT2D eigenvalue weighted by molar-refractivity contribution is -0.126. The highest BCUT2D eigenvalue weighted by Crippen LogP contribution is 1.98. The van der Waals surface area contributed by atoms with E-state index in [1.165, 1.54) is 13.8 Å². The molecular weight excluding hydrogens is 162 g/mol. The number of carbonyl (C=O) groups excluding carboxylic acids is 1. The molecule has 0 spiro atoms. The fourth-order valence-electron chi connectivity index (χ4n) is 0.876. The molecule has 0 aromatic heterocycles. The smallest absolute Gasteiger partial charge is 0.246 e. The van der Waals surface area contributed by atoms with Crippen molar-refractivity contribution in [2.24, 2.45) is 0 Å². The molecule has 0 aromatic rings. The minimum Gasteiger partial charge on any atom is -0.391 e. The molecule has 0 bridgehead atoms. The van der Waals surface area contributed by atoms with Gasteiger partial charge in [0.25, 0.3) is 0 Å². The van der Waals surface area contributed by atoms with Crippen molar-refractivity contribution >= 4 is 5.91 Å². The molecule has 0 fully saturated rings. The second-order valence-electron chi connectivity index (χ2n) is 2.73. The van der Waals surface area contributed by atoms with E-state index in [2.05, 4.69) is 5.32 Å². The summed E-state index contributed by atoms with van der Waals surface area (Å²) in [4.78, 5) is 10.6. The van der Waals surface area contributed by atoms with Crippen molar-refractivity contribution in [3.05, 3.63) is 0 Å². The molecule has 0 saturated heterocycles. The molecule has 12 heavy (non-hydrogen) atoms. The van der Waals surface area contributed by atoms with Crippen molar-refractivity contribution < 1.29 is 20.1 Å². The molecule has 0 radical (unpaired) electrons. The van der Waals surface area contributed by atoms with Gasteiger partial charge in [-0.3, -0.25) is 4.79 Å². The fraction of sp³-hybridized carbons (Fsp3) is 0.857. The summed E-state index contributed by atoms with van der Waals surface area (Å²) in [5.74, 6) is -0.609. The van der Waals surface area contributed by atoms with Crippen LogP contribution in [0.2, 0.25) is 0 Å². The molecule has 2 atom stereocenters. The second-order valence-corrected chi connectivity index (χ2v) is 2.73. The highest BCUT2D eigenvalue weighted by atomic mass is 16.3. The Morgan fingerprint density at radius 1 is 1.33 bits per heavy atom. The highest BCUT2D eigenvalue weighted by Gasteiger charge is 2.21. The van der Waals surface area contributed by atoms with Gasteiger partial charge in [-0.25, -0.2) is 0 Å². The van der Waals surface area contributed by atoms with Crippen molar-refractivity contribution in [1.29, 1.82) is 0 Å². The summed E-state index contributed by atoms with van der Waals surface area (Å²) < 4.78 is 0. The number of rotatable bonds is 4. The van der Waals surface area contributed by atoms with E-state index in [1.54, 1.807) is 0 Å². The van der Waals surface area contributed by atoms with Gasteiger partial charge in [-0.2, -0.15) is 0 Å². The molecule has 0 heterocycles. The largest absolute Gasteiger partial charge is 0.391 e. The normalized spacial score (nSPS) is 18.1. The zero-order valence-corrected chi connectivity index (χ0v) is 7.19. The van der Waals surface area contributed by atoms with E-state index in [9.17, 15) is 4.79 Å². The number of hydrogen-bond donors (Lipinski definition) is 4. The standard InChI is InChI=1S/C7H15NO4/c1-4(10)7(5(2)11)8-6(12)3-9/h4-5,7,9-11H,3H2,1-2H3,(H,8,12). The summed E-state index contributed by atoms with van der Waals surface area (Å²) in [7, 11) is 0. The molecule has 0 saturated carbocycles. The lowest BCUT2D eigenvalue weighted by Crippen LogP contribution is -2.49. The molecule has 4 N–H and O–H groups in total. The second kappa shape index (κ2) is 5.08. The Balaban J connectivity index is 4.05. The van der Waals surface area contributed by atoms with Crippen molar-refractivity contribution in [3.63, 3.8) is 0 Å². The third-order valence-corrected chi connectivity index (χ3v) is 1.51. The molecule has 0 rings (SSSR count). The van der Waals surface area contributed by atoms with Crippen LogP contribution in [-0.4, -0.2) is 46.1 Å². The van der Waals surface area contributed by atoms with Crippen LogP contribution in [0.15, 0.2) is 0 Å². The van der Waals surface area contributed by atoms with Crippen molar-refractivity contribution in [3.8, 4) is 0 Å². The summed E-state index contributed by atoms with van der Waals surface area (Å²) in [6, 6.07) is -0.732. The van der Waals surface area contributed by atoms with E-state index < -0.39 is 30.8 Å². The topological polar surface area (TPSA) is 89.8 Å². The van der Waals surface area contributed by atoms with E-state index in [4.69, 9.17) is 15.3 Å². The zero-order valence-electron chi connectivity index (χ0n) is 7.19. The van der Waals surface area contributed by atoms with Crippen LogP contribution in [0.4, 0.5) is 0 Å². The van der Waals surface area contributed by atoms with E-state index >= 15 is 0 Å². The van der Waals surface area contributed by atoms with Gasteiger partial charge >= 0.3 is 0 Å². The van der Waals surface area contributed by atoms with Crippen LogP contribution in [0.5, 0.6) is 0 Å². The van der Waals surface area contributed by atoms with Crippen molar-refractivity contribution in [2.75, 3.05) is 6.61 Å². The average Bonchev–Trinajstić information content (AvgIpc) is 1.98. The van der Waals surface area contributed by atoms with E-state index in [-0.39, 0.29) is 0 Å². The van der Waals surface area contributed by atoms with Crippen molar-refractivity contribution in [1.82, 2.24) is 5.32 Å². The maximum atomic E-state index is 10.6. The Morgan fingerprint density at radius 3 is 2.00 bits per heavy atom. The lowest BCUT2D eigenvalue weighted by Gasteiger charge is -2.23. The highest BCUT2D eigenvalue weighted by molar-refractivity contribution is 5.77. The monoisotopic (exact) mass is 177 g/mol. The Kier molecular flexibility index (Phi) is 4.80. The van der Waals surface area contributed by atoms with Gasteiger partial charge in [-0.05, 0) is 13.8 Å². The van der Waals surface area contributed by atoms with Gasteiger partial charge in [0.1, 0.15) is 6.61 Å². The molecule has 0 aliphatic heterocycles. The molecule has 0 aromatic carbocycles. The number of nitrogens with one attached hydrogen (secondary N) is 1. The first kappa shape index (κ1) is 11.4. The van der Waals surface area contributed by atoms with Gasteiger partial charge in [-0.15, -0.1) is 0 Å². The summed E-state index contributed by atoms with van der Waals surface area (Å²) >= 11 is 0. The first-order chi connectivity index (χ1) is 5.49. The predicted octanol–water partition coefficient (Wildman–Crippen LogP) is -1.77. The van der Waals surface area contributed by atoms with Gasteiger partial charge < -0.3 is 20.6 Å². The van der Waals surface area contributed by atoms with Crippen LogP contribution in [0.1, 0.15) is 13.8 Å². The molecule has 2 unspecified atom stereocenters. The number of aliphatic hydroxyl groups excluding tert-OH is 3. The van der Waals surface area contributed by atoms with Crippen LogP contribution in [0.3, 0.4) is 0 Å². The molecule has 5 heteroatoms. The Labute approximate surface area is 71.0 Å². The molecule has 72 valence electrons. The minimum absolute atomic E-state index is 0.609.